The molecule has 1 aromatic carbocycles. The Morgan fingerprint density at radius 3 is 2.62 bits per heavy atom. The normalized spacial score (nSPS) is 10.4. The highest BCUT2D eigenvalue weighted by atomic mass is 16.4. The monoisotopic (exact) mass is 287 g/mol. The highest BCUT2D eigenvalue weighted by Crippen LogP contribution is 2.11. The number of hydrogen-bond acceptors (Lipinski definition) is 3. The van der Waals surface area contributed by atoms with E-state index < -0.39 is 5.97 Å². The second kappa shape index (κ2) is 6.21. The van der Waals surface area contributed by atoms with E-state index >= 15 is 0 Å². The number of aromatic amines is 1. The van der Waals surface area contributed by atoms with Crippen molar-refractivity contribution in [2.45, 2.75) is 13.3 Å². The number of aromatic carboxylic acids is 1. The summed E-state index contributed by atoms with van der Waals surface area (Å²) in [7, 11) is 1.69. The number of H-pyrrole nitrogens is 1. The molecule has 21 heavy (non-hydrogen) atoms. The summed E-state index contributed by atoms with van der Waals surface area (Å²) in [6.45, 7) is 2.22. The van der Waals surface area contributed by atoms with Crippen molar-refractivity contribution in [1.82, 2.24) is 15.1 Å². The SMILES string of the molecule is Cc1[nH]ncc1C(=O)N(C)CCc1ccccc1C(=O)O. The molecule has 0 aliphatic rings. The van der Waals surface area contributed by atoms with E-state index in [2.05, 4.69) is 10.2 Å². The molecule has 2 N–H and O–H groups in total. The van der Waals surface area contributed by atoms with Crippen LogP contribution < -0.4 is 0 Å². The minimum absolute atomic E-state index is 0.131. The molecule has 0 fully saturated rings. The van der Waals surface area contributed by atoms with Gasteiger partial charge in [-0.05, 0) is 25.0 Å². The lowest BCUT2D eigenvalue weighted by Gasteiger charge is -2.17. The molecule has 2 rings (SSSR count). The maximum absolute atomic E-state index is 12.2. The predicted molar refractivity (Wildman–Crippen MR) is 77.4 cm³/mol. The molecule has 110 valence electrons. The van der Waals surface area contributed by atoms with Crippen molar-refractivity contribution in [2.75, 3.05) is 13.6 Å². The molecule has 0 aliphatic carbocycles. The Bertz CT molecular complexity index is 664. The third kappa shape index (κ3) is 3.28. The molecule has 0 radical (unpaired) electrons. The smallest absolute Gasteiger partial charge is 0.335 e. The Morgan fingerprint density at radius 1 is 1.29 bits per heavy atom. The fourth-order valence-corrected chi connectivity index (χ4v) is 2.11. The molecule has 1 heterocycles. The molecule has 0 aliphatic heterocycles. The van der Waals surface area contributed by atoms with Crippen LogP contribution in [-0.2, 0) is 6.42 Å². The fraction of sp³-hybridized carbons (Fsp3) is 0.267. The first kappa shape index (κ1) is 14.8. The second-order valence-electron chi connectivity index (χ2n) is 4.85. The van der Waals surface area contributed by atoms with Gasteiger partial charge in [0.25, 0.3) is 5.91 Å². The summed E-state index contributed by atoms with van der Waals surface area (Å²) in [5.74, 6) is -1.08. The number of carbonyl (C=O) groups excluding carboxylic acids is 1. The van der Waals surface area contributed by atoms with Crippen LogP contribution in [0.5, 0.6) is 0 Å². The highest BCUT2D eigenvalue weighted by molar-refractivity contribution is 5.94. The van der Waals surface area contributed by atoms with Gasteiger partial charge >= 0.3 is 5.97 Å². The van der Waals surface area contributed by atoms with Gasteiger partial charge in [-0.15, -0.1) is 0 Å². The average Bonchev–Trinajstić information content (AvgIpc) is 2.90. The molecule has 0 saturated heterocycles. The Morgan fingerprint density at radius 2 is 2.00 bits per heavy atom. The van der Waals surface area contributed by atoms with Crippen LogP contribution in [0.4, 0.5) is 0 Å². The fourth-order valence-electron chi connectivity index (χ4n) is 2.11. The maximum Gasteiger partial charge on any atom is 0.335 e. The Kier molecular flexibility index (Phi) is 4.37. The lowest BCUT2D eigenvalue weighted by Crippen LogP contribution is -2.29. The number of carboxylic acids is 1. The Balaban J connectivity index is 2.05. The summed E-state index contributed by atoms with van der Waals surface area (Å²) in [4.78, 5) is 24.9. The lowest BCUT2D eigenvalue weighted by atomic mass is 10.0. The number of nitrogens with zero attached hydrogens (tertiary/aromatic N) is 2. The van der Waals surface area contributed by atoms with Gasteiger partial charge in [-0.3, -0.25) is 9.89 Å². The van der Waals surface area contributed by atoms with Gasteiger partial charge in [0.15, 0.2) is 0 Å². The van der Waals surface area contributed by atoms with Crippen molar-refractivity contribution >= 4 is 11.9 Å². The molecule has 1 aromatic heterocycles. The number of likely N-dealkylation sites (N-methyl/N-ethyl adjacent to an activating group) is 1. The number of aryl methyl sites for hydroxylation is 1. The van der Waals surface area contributed by atoms with Crippen molar-refractivity contribution in [2.24, 2.45) is 0 Å². The van der Waals surface area contributed by atoms with Crippen LogP contribution in [0.3, 0.4) is 0 Å². The largest absolute Gasteiger partial charge is 0.478 e. The van der Waals surface area contributed by atoms with Crippen LogP contribution in [0.2, 0.25) is 0 Å². The van der Waals surface area contributed by atoms with Gasteiger partial charge in [0.2, 0.25) is 0 Å². The van der Waals surface area contributed by atoms with Gasteiger partial charge in [-0.1, -0.05) is 18.2 Å². The highest BCUT2D eigenvalue weighted by Gasteiger charge is 2.16. The second-order valence-corrected chi connectivity index (χ2v) is 4.85. The van der Waals surface area contributed by atoms with Crippen molar-refractivity contribution in [3.05, 3.63) is 52.8 Å². The summed E-state index contributed by atoms with van der Waals surface area (Å²) in [5.41, 5.74) is 2.24. The minimum Gasteiger partial charge on any atom is -0.478 e. The first-order valence-corrected chi connectivity index (χ1v) is 6.57. The van der Waals surface area contributed by atoms with E-state index in [1.165, 1.54) is 6.20 Å². The third-order valence-electron chi connectivity index (χ3n) is 3.37. The first-order valence-electron chi connectivity index (χ1n) is 6.57. The zero-order valence-corrected chi connectivity index (χ0v) is 12.0. The number of benzene rings is 1. The molecule has 0 spiro atoms. The lowest BCUT2D eigenvalue weighted by molar-refractivity contribution is 0.0695. The van der Waals surface area contributed by atoms with E-state index in [1.54, 1.807) is 43.1 Å². The number of carboxylic acid groups (broad SMARTS) is 1. The van der Waals surface area contributed by atoms with Crippen molar-refractivity contribution < 1.29 is 14.7 Å². The van der Waals surface area contributed by atoms with Crippen molar-refractivity contribution in [3.63, 3.8) is 0 Å². The molecule has 0 saturated carbocycles. The minimum atomic E-state index is -0.953. The molecular weight excluding hydrogens is 270 g/mol. The van der Waals surface area contributed by atoms with Crippen molar-refractivity contribution in [1.29, 1.82) is 0 Å². The summed E-state index contributed by atoms with van der Waals surface area (Å²) in [6, 6.07) is 6.82. The summed E-state index contributed by atoms with van der Waals surface area (Å²) >= 11 is 0. The van der Waals surface area contributed by atoms with Crippen LogP contribution in [-0.4, -0.2) is 45.7 Å². The number of aromatic nitrogens is 2. The van der Waals surface area contributed by atoms with Crippen LogP contribution in [0, 0.1) is 6.92 Å². The van der Waals surface area contributed by atoms with Gasteiger partial charge in [0.1, 0.15) is 0 Å². The van der Waals surface area contributed by atoms with Crippen LogP contribution in [0.1, 0.15) is 32.0 Å². The Hall–Kier alpha value is -2.63. The van der Waals surface area contributed by atoms with E-state index in [-0.39, 0.29) is 11.5 Å². The quantitative estimate of drug-likeness (QED) is 0.877. The molecule has 6 heteroatoms. The van der Waals surface area contributed by atoms with Crippen LogP contribution in [0.15, 0.2) is 30.5 Å². The van der Waals surface area contributed by atoms with Crippen molar-refractivity contribution in [3.8, 4) is 0 Å². The van der Waals surface area contributed by atoms with Crippen LogP contribution >= 0.6 is 0 Å². The summed E-state index contributed by atoms with van der Waals surface area (Å²) < 4.78 is 0. The van der Waals surface area contributed by atoms with E-state index in [1.807, 2.05) is 0 Å². The standard InChI is InChI=1S/C15H17N3O3/c1-10-13(9-16-17-10)14(19)18(2)8-7-11-5-3-4-6-12(11)15(20)21/h3-6,9H,7-8H2,1-2H3,(H,16,17)(H,20,21). The van der Waals surface area contributed by atoms with E-state index in [0.29, 0.717) is 24.1 Å². The average molecular weight is 287 g/mol. The summed E-state index contributed by atoms with van der Waals surface area (Å²) in [5, 5.41) is 15.7. The topological polar surface area (TPSA) is 86.3 Å². The van der Waals surface area contributed by atoms with Gasteiger partial charge in [0, 0.05) is 19.3 Å². The number of rotatable bonds is 5. The van der Waals surface area contributed by atoms with Gasteiger partial charge < -0.3 is 10.0 Å². The van der Waals surface area contributed by atoms with E-state index in [4.69, 9.17) is 5.11 Å². The molecule has 0 atom stereocenters. The number of carbonyl (C=O) groups is 2. The third-order valence-corrected chi connectivity index (χ3v) is 3.37. The van der Waals surface area contributed by atoms with Gasteiger partial charge in [-0.2, -0.15) is 5.10 Å². The zero-order chi connectivity index (χ0) is 15.4. The first-order chi connectivity index (χ1) is 10.0. The zero-order valence-electron chi connectivity index (χ0n) is 12.0. The molecular formula is C15H17N3O3. The Labute approximate surface area is 122 Å². The maximum atomic E-state index is 12.2. The van der Waals surface area contributed by atoms with Gasteiger partial charge in [-0.25, -0.2) is 4.79 Å². The van der Waals surface area contributed by atoms with Crippen LogP contribution in [0.25, 0.3) is 0 Å². The molecule has 6 nitrogen and oxygen atoms in total. The number of hydrogen-bond donors (Lipinski definition) is 2. The van der Waals surface area contributed by atoms with E-state index in [0.717, 1.165) is 5.69 Å². The molecule has 2 aromatic rings. The van der Waals surface area contributed by atoms with E-state index in [9.17, 15) is 9.59 Å². The number of amides is 1. The molecule has 0 unspecified atom stereocenters. The predicted octanol–water partition coefficient (Wildman–Crippen LogP) is 1.73. The molecule has 1 amide bonds. The van der Waals surface area contributed by atoms with Gasteiger partial charge in [0.05, 0.1) is 17.3 Å². The number of nitrogens with one attached hydrogen (secondary N) is 1. The molecule has 0 bridgehead atoms. The summed E-state index contributed by atoms with van der Waals surface area (Å²) in [6.07, 6.45) is 1.99.